The Morgan fingerprint density at radius 3 is 2.67 bits per heavy atom. The summed E-state index contributed by atoms with van der Waals surface area (Å²) in [5, 5.41) is 15.1. The topological polar surface area (TPSA) is 102 Å². The summed E-state index contributed by atoms with van der Waals surface area (Å²) in [7, 11) is 1.30. The van der Waals surface area contributed by atoms with Crippen LogP contribution in [0, 0.1) is 0 Å². The summed E-state index contributed by atoms with van der Waals surface area (Å²) in [4.78, 5) is 22.5. The van der Waals surface area contributed by atoms with Gasteiger partial charge in [0.05, 0.1) is 13.7 Å². The minimum Gasteiger partial charge on any atom is -0.476 e. The zero-order valence-corrected chi connectivity index (χ0v) is 11.3. The first-order valence-corrected chi connectivity index (χ1v) is 6.17. The maximum absolute atomic E-state index is 11.8. The number of aromatic nitrogens is 1. The molecule has 0 radical (unpaired) electrons. The van der Waals surface area contributed by atoms with Gasteiger partial charge in [-0.25, -0.2) is 9.59 Å². The van der Waals surface area contributed by atoms with E-state index in [-0.39, 0.29) is 12.2 Å². The number of ether oxygens (including phenoxy) is 1. The molecular formula is C14H14N2O5. The van der Waals surface area contributed by atoms with Crippen LogP contribution in [-0.4, -0.2) is 29.3 Å². The summed E-state index contributed by atoms with van der Waals surface area (Å²) >= 11 is 0. The fourth-order valence-corrected chi connectivity index (χ4v) is 1.80. The van der Waals surface area contributed by atoms with Gasteiger partial charge in [-0.3, -0.25) is 5.32 Å². The van der Waals surface area contributed by atoms with Gasteiger partial charge in [-0.05, 0) is 5.56 Å². The minimum atomic E-state index is -1.17. The van der Waals surface area contributed by atoms with E-state index in [1.54, 1.807) is 12.1 Å². The molecule has 2 aromatic rings. The predicted octanol–water partition coefficient (Wildman–Crippen LogP) is 1.38. The van der Waals surface area contributed by atoms with E-state index < -0.39 is 18.0 Å². The third-order valence-electron chi connectivity index (χ3n) is 2.83. The summed E-state index contributed by atoms with van der Waals surface area (Å²) in [5.74, 6) is -1.30. The number of nitrogens with one attached hydrogen (secondary N) is 1. The zero-order valence-electron chi connectivity index (χ0n) is 11.3. The molecule has 7 heteroatoms. The lowest BCUT2D eigenvalue weighted by Crippen LogP contribution is -2.29. The van der Waals surface area contributed by atoms with Crippen molar-refractivity contribution in [1.82, 2.24) is 10.5 Å². The van der Waals surface area contributed by atoms with E-state index in [0.29, 0.717) is 5.76 Å². The zero-order chi connectivity index (χ0) is 15.2. The summed E-state index contributed by atoms with van der Waals surface area (Å²) in [5.41, 5.74) is 0.559. The number of benzene rings is 1. The molecule has 0 saturated carbocycles. The van der Waals surface area contributed by atoms with Gasteiger partial charge in [0, 0.05) is 6.07 Å². The first-order chi connectivity index (χ1) is 10.1. The predicted molar refractivity (Wildman–Crippen MR) is 71.5 cm³/mol. The number of esters is 1. The van der Waals surface area contributed by atoms with E-state index in [1.807, 2.05) is 18.2 Å². The Kier molecular flexibility index (Phi) is 4.68. The highest BCUT2D eigenvalue weighted by molar-refractivity contribution is 5.85. The Morgan fingerprint density at radius 1 is 1.38 bits per heavy atom. The van der Waals surface area contributed by atoms with Crippen LogP contribution < -0.4 is 5.32 Å². The maximum atomic E-state index is 11.8. The monoisotopic (exact) mass is 290 g/mol. The van der Waals surface area contributed by atoms with Crippen molar-refractivity contribution in [2.24, 2.45) is 0 Å². The second kappa shape index (κ2) is 6.67. The van der Waals surface area contributed by atoms with Crippen LogP contribution in [0.1, 0.15) is 27.9 Å². The molecule has 0 saturated heterocycles. The Balaban J connectivity index is 2.09. The molecule has 7 nitrogen and oxygen atoms in total. The summed E-state index contributed by atoms with van der Waals surface area (Å²) < 4.78 is 9.64. The molecular weight excluding hydrogens is 276 g/mol. The van der Waals surface area contributed by atoms with Crippen molar-refractivity contribution in [3.63, 3.8) is 0 Å². The first-order valence-electron chi connectivity index (χ1n) is 6.17. The molecule has 0 fully saturated rings. The number of carboxylic acids is 1. The Hall–Kier alpha value is -2.67. The van der Waals surface area contributed by atoms with E-state index in [4.69, 9.17) is 14.4 Å². The SMILES string of the molecule is COC(=O)C(NCc1cc(C(=O)O)no1)c1ccccc1. The largest absolute Gasteiger partial charge is 0.476 e. The molecule has 110 valence electrons. The van der Waals surface area contributed by atoms with Gasteiger partial charge < -0.3 is 14.4 Å². The Morgan fingerprint density at radius 2 is 2.10 bits per heavy atom. The lowest BCUT2D eigenvalue weighted by Gasteiger charge is -2.15. The number of aromatic carboxylic acids is 1. The lowest BCUT2D eigenvalue weighted by molar-refractivity contribution is -0.143. The van der Waals surface area contributed by atoms with Gasteiger partial charge >= 0.3 is 11.9 Å². The summed E-state index contributed by atoms with van der Waals surface area (Å²) in [6.07, 6.45) is 0. The molecule has 0 aliphatic carbocycles. The second-order valence-corrected chi connectivity index (χ2v) is 4.23. The average molecular weight is 290 g/mol. The van der Waals surface area contributed by atoms with Crippen molar-refractivity contribution in [2.45, 2.75) is 12.6 Å². The number of methoxy groups -OCH3 is 1. The van der Waals surface area contributed by atoms with E-state index in [0.717, 1.165) is 5.56 Å². The number of hydrogen-bond acceptors (Lipinski definition) is 6. The lowest BCUT2D eigenvalue weighted by atomic mass is 10.1. The van der Waals surface area contributed by atoms with Crippen molar-refractivity contribution in [1.29, 1.82) is 0 Å². The van der Waals surface area contributed by atoms with Gasteiger partial charge in [0.2, 0.25) is 0 Å². The van der Waals surface area contributed by atoms with E-state index in [9.17, 15) is 9.59 Å². The third-order valence-corrected chi connectivity index (χ3v) is 2.83. The Bertz CT molecular complexity index is 623. The van der Waals surface area contributed by atoms with Gasteiger partial charge in [-0.2, -0.15) is 0 Å². The van der Waals surface area contributed by atoms with Crippen LogP contribution >= 0.6 is 0 Å². The highest BCUT2D eigenvalue weighted by Crippen LogP contribution is 2.15. The standard InChI is InChI=1S/C14H14N2O5/c1-20-14(19)12(9-5-3-2-4-6-9)15-8-10-7-11(13(17)18)16-21-10/h2-7,12,15H,8H2,1H3,(H,17,18). The molecule has 0 spiro atoms. The number of nitrogens with zero attached hydrogens (tertiary/aromatic N) is 1. The molecule has 1 aromatic heterocycles. The number of carbonyl (C=O) groups is 2. The quantitative estimate of drug-likeness (QED) is 0.775. The molecule has 0 amide bonds. The number of carboxylic acid groups (broad SMARTS) is 1. The van der Waals surface area contributed by atoms with Crippen molar-refractivity contribution >= 4 is 11.9 Å². The van der Waals surface area contributed by atoms with Crippen LogP contribution in [0.5, 0.6) is 0 Å². The van der Waals surface area contributed by atoms with E-state index in [1.165, 1.54) is 13.2 Å². The van der Waals surface area contributed by atoms with Crippen LogP contribution in [0.4, 0.5) is 0 Å². The molecule has 1 atom stereocenters. The van der Waals surface area contributed by atoms with Crippen molar-refractivity contribution in [3.8, 4) is 0 Å². The molecule has 0 aliphatic heterocycles. The third kappa shape index (κ3) is 3.67. The molecule has 1 unspecified atom stereocenters. The fourth-order valence-electron chi connectivity index (χ4n) is 1.80. The van der Waals surface area contributed by atoms with Crippen molar-refractivity contribution in [3.05, 3.63) is 53.4 Å². The van der Waals surface area contributed by atoms with Crippen LogP contribution in [0.25, 0.3) is 0 Å². The van der Waals surface area contributed by atoms with Crippen molar-refractivity contribution < 1.29 is 24.0 Å². The molecule has 1 heterocycles. The van der Waals surface area contributed by atoms with Crippen molar-refractivity contribution in [2.75, 3.05) is 7.11 Å². The first kappa shape index (κ1) is 14.7. The molecule has 2 N–H and O–H groups in total. The van der Waals surface area contributed by atoms with E-state index >= 15 is 0 Å². The smallest absolute Gasteiger partial charge is 0.358 e. The number of hydrogen-bond donors (Lipinski definition) is 2. The number of rotatable bonds is 6. The van der Waals surface area contributed by atoms with Gasteiger partial charge in [0.15, 0.2) is 11.5 Å². The molecule has 0 bridgehead atoms. The van der Waals surface area contributed by atoms with Gasteiger partial charge in [0.25, 0.3) is 0 Å². The highest BCUT2D eigenvalue weighted by Gasteiger charge is 2.21. The van der Waals surface area contributed by atoms with Gasteiger partial charge in [-0.15, -0.1) is 0 Å². The van der Waals surface area contributed by atoms with Crippen LogP contribution in [-0.2, 0) is 16.1 Å². The van der Waals surface area contributed by atoms with Gasteiger partial charge in [-0.1, -0.05) is 35.5 Å². The van der Waals surface area contributed by atoms with E-state index in [2.05, 4.69) is 10.5 Å². The molecule has 0 aliphatic rings. The second-order valence-electron chi connectivity index (χ2n) is 4.23. The maximum Gasteiger partial charge on any atom is 0.358 e. The normalized spacial score (nSPS) is 11.9. The summed E-state index contributed by atoms with van der Waals surface area (Å²) in [6, 6.07) is 9.67. The number of carbonyl (C=O) groups excluding carboxylic acids is 1. The van der Waals surface area contributed by atoms with Crippen LogP contribution in [0.15, 0.2) is 40.9 Å². The summed E-state index contributed by atoms with van der Waals surface area (Å²) in [6.45, 7) is 0.148. The molecule has 2 rings (SSSR count). The highest BCUT2D eigenvalue weighted by atomic mass is 16.5. The minimum absolute atomic E-state index is 0.148. The Labute approximate surface area is 120 Å². The molecule has 21 heavy (non-hydrogen) atoms. The van der Waals surface area contributed by atoms with Crippen LogP contribution in [0.2, 0.25) is 0 Å². The fraction of sp³-hybridized carbons (Fsp3) is 0.214. The van der Waals surface area contributed by atoms with Gasteiger partial charge in [0.1, 0.15) is 6.04 Å². The van der Waals surface area contributed by atoms with Crippen LogP contribution in [0.3, 0.4) is 0 Å². The molecule has 1 aromatic carbocycles. The average Bonchev–Trinajstić information content (AvgIpc) is 2.97.